The van der Waals surface area contributed by atoms with Gasteiger partial charge in [-0.05, 0) is 12.1 Å². The van der Waals surface area contributed by atoms with E-state index in [-0.39, 0.29) is 0 Å². The molecule has 0 saturated carbocycles. The zero-order valence-electron chi connectivity index (χ0n) is 10.0. The van der Waals surface area contributed by atoms with Gasteiger partial charge in [-0.2, -0.15) is 0 Å². The van der Waals surface area contributed by atoms with Crippen molar-refractivity contribution >= 4 is 11.4 Å². The third-order valence-corrected chi connectivity index (χ3v) is 2.85. The highest BCUT2D eigenvalue weighted by Crippen LogP contribution is 2.33. The molecule has 1 unspecified atom stereocenters. The van der Waals surface area contributed by atoms with E-state index >= 15 is 0 Å². The molecule has 1 heterocycles. The number of ether oxygens (including phenoxy) is 2. The van der Waals surface area contributed by atoms with Crippen molar-refractivity contribution in [2.75, 3.05) is 7.11 Å². The summed E-state index contributed by atoms with van der Waals surface area (Å²) in [5.41, 5.74) is 2.65. The SMILES string of the molecule is COC1Oc2ccccc2N=C1c1ccccc1. The van der Waals surface area contributed by atoms with Crippen LogP contribution in [-0.4, -0.2) is 19.1 Å². The minimum atomic E-state index is -0.456. The van der Waals surface area contributed by atoms with Crippen LogP contribution in [0.2, 0.25) is 0 Å². The molecule has 3 nitrogen and oxygen atoms in total. The average Bonchev–Trinajstić information content (AvgIpc) is 2.46. The lowest BCUT2D eigenvalue weighted by Gasteiger charge is -2.24. The largest absolute Gasteiger partial charge is 0.457 e. The number of hydrogen-bond donors (Lipinski definition) is 0. The van der Waals surface area contributed by atoms with Gasteiger partial charge in [0.1, 0.15) is 17.1 Å². The molecule has 2 aromatic rings. The third-order valence-electron chi connectivity index (χ3n) is 2.85. The first-order valence-electron chi connectivity index (χ1n) is 5.81. The Hall–Kier alpha value is -2.13. The predicted molar refractivity (Wildman–Crippen MR) is 70.5 cm³/mol. The van der Waals surface area contributed by atoms with Gasteiger partial charge in [0.05, 0.1) is 0 Å². The lowest BCUT2D eigenvalue weighted by molar-refractivity contribution is -0.00148. The monoisotopic (exact) mass is 239 g/mol. The highest BCUT2D eigenvalue weighted by Gasteiger charge is 2.24. The van der Waals surface area contributed by atoms with E-state index < -0.39 is 6.29 Å². The van der Waals surface area contributed by atoms with E-state index in [4.69, 9.17) is 9.47 Å². The first-order chi connectivity index (χ1) is 8.88. The average molecular weight is 239 g/mol. The fourth-order valence-corrected chi connectivity index (χ4v) is 1.97. The molecular weight excluding hydrogens is 226 g/mol. The maximum absolute atomic E-state index is 5.80. The standard InChI is InChI=1S/C15H13NO2/c1-17-15-14(11-7-3-2-4-8-11)16-12-9-5-6-10-13(12)18-15/h2-10,15H,1H3. The molecule has 0 aliphatic carbocycles. The van der Waals surface area contributed by atoms with Crippen LogP contribution in [0, 0.1) is 0 Å². The van der Waals surface area contributed by atoms with E-state index in [1.54, 1.807) is 7.11 Å². The number of hydrogen-bond acceptors (Lipinski definition) is 3. The van der Waals surface area contributed by atoms with Gasteiger partial charge in [-0.15, -0.1) is 0 Å². The number of nitrogens with zero attached hydrogens (tertiary/aromatic N) is 1. The van der Waals surface area contributed by atoms with E-state index in [0.29, 0.717) is 0 Å². The molecule has 90 valence electrons. The minimum Gasteiger partial charge on any atom is -0.457 e. The molecule has 0 radical (unpaired) electrons. The van der Waals surface area contributed by atoms with Gasteiger partial charge in [0.2, 0.25) is 6.29 Å². The van der Waals surface area contributed by atoms with E-state index in [9.17, 15) is 0 Å². The summed E-state index contributed by atoms with van der Waals surface area (Å²) in [4.78, 5) is 4.63. The maximum atomic E-state index is 5.80. The first kappa shape index (κ1) is 11.0. The molecule has 0 N–H and O–H groups in total. The molecule has 18 heavy (non-hydrogen) atoms. The molecule has 1 aliphatic rings. The molecule has 0 amide bonds. The van der Waals surface area contributed by atoms with Crippen LogP contribution >= 0.6 is 0 Å². The van der Waals surface area contributed by atoms with Crippen molar-refractivity contribution in [2.45, 2.75) is 6.29 Å². The van der Waals surface area contributed by atoms with Gasteiger partial charge in [0.15, 0.2) is 0 Å². The Kier molecular flexibility index (Phi) is 2.82. The molecule has 0 aromatic heterocycles. The summed E-state index contributed by atoms with van der Waals surface area (Å²) in [6.45, 7) is 0. The van der Waals surface area contributed by atoms with Crippen LogP contribution in [0.15, 0.2) is 59.6 Å². The summed E-state index contributed by atoms with van der Waals surface area (Å²) in [5, 5.41) is 0. The summed E-state index contributed by atoms with van der Waals surface area (Å²) in [6.07, 6.45) is -0.456. The van der Waals surface area contributed by atoms with Crippen molar-refractivity contribution in [1.29, 1.82) is 0 Å². The van der Waals surface area contributed by atoms with Gasteiger partial charge < -0.3 is 9.47 Å². The first-order valence-corrected chi connectivity index (χ1v) is 5.81. The lowest BCUT2D eigenvalue weighted by Crippen LogP contribution is -2.32. The van der Waals surface area contributed by atoms with Crippen LogP contribution in [0.3, 0.4) is 0 Å². The zero-order chi connectivity index (χ0) is 12.4. The van der Waals surface area contributed by atoms with E-state index in [2.05, 4.69) is 4.99 Å². The molecule has 1 aliphatic heterocycles. The number of aliphatic imine (C=N–C) groups is 1. The molecule has 0 spiro atoms. The second-order valence-electron chi connectivity index (χ2n) is 4.02. The molecule has 0 fully saturated rings. The van der Waals surface area contributed by atoms with Gasteiger partial charge in [0.25, 0.3) is 0 Å². The van der Waals surface area contributed by atoms with Crippen molar-refractivity contribution in [2.24, 2.45) is 4.99 Å². The van der Waals surface area contributed by atoms with Gasteiger partial charge in [-0.3, -0.25) is 0 Å². The van der Waals surface area contributed by atoms with Crippen molar-refractivity contribution in [3.63, 3.8) is 0 Å². The highest BCUT2D eigenvalue weighted by molar-refractivity contribution is 6.05. The summed E-state index contributed by atoms with van der Waals surface area (Å²) >= 11 is 0. The van der Waals surface area contributed by atoms with Crippen LogP contribution in [0.4, 0.5) is 5.69 Å². The predicted octanol–water partition coefficient (Wildman–Crippen LogP) is 3.17. The van der Waals surface area contributed by atoms with Gasteiger partial charge in [-0.25, -0.2) is 4.99 Å². The highest BCUT2D eigenvalue weighted by atomic mass is 16.7. The van der Waals surface area contributed by atoms with E-state index in [1.807, 2.05) is 54.6 Å². The Morgan fingerprint density at radius 3 is 2.50 bits per heavy atom. The minimum absolute atomic E-state index is 0.456. The number of rotatable bonds is 2. The smallest absolute Gasteiger partial charge is 0.244 e. The number of benzene rings is 2. The Bertz CT molecular complexity index is 578. The Balaban J connectivity index is 2.09. The second-order valence-corrected chi connectivity index (χ2v) is 4.02. The molecule has 1 atom stereocenters. The quantitative estimate of drug-likeness (QED) is 0.805. The Morgan fingerprint density at radius 1 is 1.00 bits per heavy atom. The Morgan fingerprint density at radius 2 is 1.72 bits per heavy atom. The molecule has 0 saturated heterocycles. The van der Waals surface area contributed by atoms with Crippen LogP contribution < -0.4 is 4.74 Å². The van der Waals surface area contributed by atoms with Gasteiger partial charge in [0, 0.05) is 12.7 Å². The second kappa shape index (κ2) is 4.63. The molecule has 3 heteroatoms. The van der Waals surface area contributed by atoms with Crippen molar-refractivity contribution in [1.82, 2.24) is 0 Å². The lowest BCUT2D eigenvalue weighted by atomic mass is 10.1. The molecule has 0 bridgehead atoms. The van der Waals surface area contributed by atoms with E-state index in [0.717, 1.165) is 22.7 Å². The van der Waals surface area contributed by atoms with E-state index in [1.165, 1.54) is 0 Å². The molecule has 2 aromatic carbocycles. The summed E-state index contributed by atoms with van der Waals surface area (Å²) in [7, 11) is 1.62. The zero-order valence-corrected chi connectivity index (χ0v) is 10.0. The van der Waals surface area contributed by atoms with Crippen LogP contribution in [0.25, 0.3) is 0 Å². The topological polar surface area (TPSA) is 30.8 Å². The summed E-state index contributed by atoms with van der Waals surface area (Å²) < 4.78 is 11.2. The van der Waals surface area contributed by atoms with Gasteiger partial charge >= 0.3 is 0 Å². The van der Waals surface area contributed by atoms with Crippen molar-refractivity contribution < 1.29 is 9.47 Å². The number of para-hydroxylation sites is 2. The normalized spacial score (nSPS) is 17.6. The summed E-state index contributed by atoms with van der Waals surface area (Å²) in [5.74, 6) is 0.754. The fourth-order valence-electron chi connectivity index (χ4n) is 1.97. The fraction of sp³-hybridized carbons (Fsp3) is 0.133. The molecule has 3 rings (SSSR count). The van der Waals surface area contributed by atoms with Crippen LogP contribution in [0.1, 0.15) is 5.56 Å². The van der Waals surface area contributed by atoms with Crippen molar-refractivity contribution in [3.05, 3.63) is 60.2 Å². The third kappa shape index (κ3) is 1.89. The maximum Gasteiger partial charge on any atom is 0.244 e. The van der Waals surface area contributed by atoms with Crippen LogP contribution in [0.5, 0.6) is 5.75 Å². The summed E-state index contributed by atoms with van der Waals surface area (Å²) in [6, 6.07) is 17.6. The van der Waals surface area contributed by atoms with Crippen LogP contribution in [-0.2, 0) is 4.74 Å². The van der Waals surface area contributed by atoms with Gasteiger partial charge in [-0.1, -0.05) is 42.5 Å². The van der Waals surface area contributed by atoms with Crippen molar-refractivity contribution in [3.8, 4) is 5.75 Å². The Labute approximate surface area is 106 Å². The molecular formula is C15H13NO2. The number of fused-ring (bicyclic) bond motifs is 1. The number of methoxy groups -OCH3 is 1.